The van der Waals surface area contributed by atoms with Gasteiger partial charge in [0.25, 0.3) is 11.8 Å². The molecule has 1 fully saturated rings. The van der Waals surface area contributed by atoms with Crippen LogP contribution in [0, 0.1) is 0 Å². The average molecular weight is 458 g/mol. The van der Waals surface area contributed by atoms with Crippen LogP contribution >= 0.6 is 11.6 Å². The Bertz CT molecular complexity index is 906. The first-order valence-corrected chi connectivity index (χ1v) is 13.5. The molecular formula is C25H32ClNO3Si. The first-order chi connectivity index (χ1) is 14.6. The second kappa shape index (κ2) is 9.27. The fraction of sp³-hybridized carbons (Fsp3) is 0.440. The number of benzene rings is 2. The Morgan fingerprint density at radius 1 is 0.903 bits per heavy atom. The smallest absolute Gasteiger partial charge is 0.261 e. The van der Waals surface area contributed by atoms with Crippen LogP contribution in [0.3, 0.4) is 0 Å². The lowest BCUT2D eigenvalue weighted by Gasteiger charge is -2.52. The molecular weight excluding hydrogens is 426 g/mol. The van der Waals surface area contributed by atoms with Crippen LogP contribution in [-0.4, -0.2) is 31.1 Å². The van der Waals surface area contributed by atoms with E-state index in [-0.39, 0.29) is 11.8 Å². The topological polar surface area (TPSA) is 46.6 Å². The molecule has 1 aliphatic heterocycles. The predicted octanol–water partition coefficient (Wildman–Crippen LogP) is 6.62. The summed E-state index contributed by atoms with van der Waals surface area (Å²) < 4.78 is 6.85. The summed E-state index contributed by atoms with van der Waals surface area (Å²) in [6, 6.07) is 15.9. The van der Waals surface area contributed by atoms with E-state index in [1.807, 2.05) is 30.3 Å². The number of β-lactam (4-membered cyclic amide) rings is 1. The normalized spacial score (nSPS) is 19.3. The summed E-state index contributed by atoms with van der Waals surface area (Å²) >= 11 is 5.97. The van der Waals surface area contributed by atoms with Gasteiger partial charge >= 0.3 is 0 Å². The fourth-order valence-corrected chi connectivity index (χ4v) is 10.7. The zero-order valence-corrected chi connectivity index (χ0v) is 20.9. The Hall–Kier alpha value is -1.95. The molecule has 2 aromatic carbocycles. The predicted molar refractivity (Wildman–Crippen MR) is 128 cm³/mol. The molecule has 0 radical (unpaired) electrons. The van der Waals surface area contributed by atoms with E-state index in [4.69, 9.17) is 16.0 Å². The number of halogens is 1. The first kappa shape index (κ1) is 23.7. The zero-order chi connectivity index (χ0) is 22.9. The van der Waals surface area contributed by atoms with Gasteiger partial charge < -0.3 is 4.43 Å². The van der Waals surface area contributed by atoms with Gasteiger partial charge in [-0.2, -0.15) is 0 Å². The van der Waals surface area contributed by atoms with Crippen LogP contribution in [0.1, 0.15) is 63.5 Å². The summed E-state index contributed by atoms with van der Waals surface area (Å²) in [6.07, 6.45) is -0.641. The van der Waals surface area contributed by atoms with Crippen molar-refractivity contribution in [2.75, 3.05) is 0 Å². The number of nitrogens with zero attached hydrogens (tertiary/aromatic N) is 1. The number of hydrogen-bond acceptors (Lipinski definition) is 3. The number of hydrogen-bond donors (Lipinski definition) is 0. The van der Waals surface area contributed by atoms with Crippen molar-refractivity contribution in [3.63, 3.8) is 0 Å². The van der Waals surface area contributed by atoms with E-state index in [2.05, 4.69) is 41.5 Å². The molecule has 0 aliphatic carbocycles. The summed E-state index contributed by atoms with van der Waals surface area (Å²) in [7, 11) is -2.30. The van der Waals surface area contributed by atoms with Crippen LogP contribution in [0.2, 0.25) is 21.6 Å². The second-order valence-electron chi connectivity index (χ2n) is 9.23. The van der Waals surface area contributed by atoms with Crippen LogP contribution in [0.15, 0.2) is 54.6 Å². The molecule has 0 aromatic heterocycles. The maximum absolute atomic E-state index is 13.3. The highest BCUT2D eigenvalue weighted by Gasteiger charge is 2.57. The minimum atomic E-state index is -2.30. The van der Waals surface area contributed by atoms with Gasteiger partial charge in [0.2, 0.25) is 8.32 Å². The van der Waals surface area contributed by atoms with Crippen molar-refractivity contribution in [3.8, 4) is 0 Å². The van der Waals surface area contributed by atoms with Crippen molar-refractivity contribution in [2.24, 2.45) is 0 Å². The molecule has 2 atom stereocenters. The zero-order valence-electron chi connectivity index (χ0n) is 19.1. The largest absolute Gasteiger partial charge is 0.402 e. The van der Waals surface area contributed by atoms with Gasteiger partial charge in [-0.1, -0.05) is 83.5 Å². The van der Waals surface area contributed by atoms with Gasteiger partial charge in [-0.05, 0) is 46.5 Å². The highest BCUT2D eigenvalue weighted by molar-refractivity contribution is 6.77. The van der Waals surface area contributed by atoms with Gasteiger partial charge in [0.05, 0.1) is 6.04 Å². The summed E-state index contributed by atoms with van der Waals surface area (Å²) in [4.78, 5) is 28.0. The number of rotatable bonds is 7. The molecule has 2 aromatic rings. The third-order valence-corrected chi connectivity index (χ3v) is 12.9. The van der Waals surface area contributed by atoms with Crippen LogP contribution in [0.25, 0.3) is 0 Å². The lowest BCUT2D eigenvalue weighted by Crippen LogP contribution is -2.66. The minimum absolute atomic E-state index is 0.257. The summed E-state index contributed by atoms with van der Waals surface area (Å²) in [6.45, 7) is 13.2. The monoisotopic (exact) mass is 457 g/mol. The molecule has 1 saturated heterocycles. The lowest BCUT2D eigenvalue weighted by molar-refractivity contribution is -0.159. The Labute approximate surface area is 191 Å². The SMILES string of the molecule is CC(C)[Si](O[C@H]1C(=O)N(C(=O)c2ccc(Cl)cc2)[C@H]1c1ccccc1)(C(C)C)C(C)C. The van der Waals surface area contributed by atoms with Gasteiger partial charge in [0.15, 0.2) is 6.10 Å². The third kappa shape index (κ3) is 4.23. The minimum Gasteiger partial charge on any atom is -0.402 e. The molecule has 6 heteroatoms. The Morgan fingerprint density at radius 2 is 1.42 bits per heavy atom. The van der Waals surface area contributed by atoms with E-state index < -0.39 is 20.5 Å². The molecule has 31 heavy (non-hydrogen) atoms. The molecule has 0 spiro atoms. The molecule has 0 saturated carbocycles. The van der Waals surface area contributed by atoms with Gasteiger partial charge in [0, 0.05) is 10.6 Å². The van der Waals surface area contributed by atoms with E-state index in [0.29, 0.717) is 27.2 Å². The molecule has 0 bridgehead atoms. The van der Waals surface area contributed by atoms with Crippen LogP contribution < -0.4 is 0 Å². The molecule has 166 valence electrons. The van der Waals surface area contributed by atoms with E-state index >= 15 is 0 Å². The van der Waals surface area contributed by atoms with Gasteiger partial charge in [-0.3, -0.25) is 14.5 Å². The van der Waals surface area contributed by atoms with Crippen LogP contribution in [-0.2, 0) is 9.22 Å². The molecule has 1 aliphatic rings. The van der Waals surface area contributed by atoms with Crippen LogP contribution in [0.5, 0.6) is 0 Å². The van der Waals surface area contributed by atoms with Crippen molar-refractivity contribution in [1.82, 2.24) is 4.90 Å². The lowest BCUT2D eigenvalue weighted by atomic mass is 9.90. The number of carbonyl (C=O) groups is 2. The molecule has 0 unspecified atom stereocenters. The Morgan fingerprint density at radius 3 is 1.90 bits per heavy atom. The maximum Gasteiger partial charge on any atom is 0.261 e. The van der Waals surface area contributed by atoms with Gasteiger partial charge in [-0.15, -0.1) is 0 Å². The molecule has 3 rings (SSSR count). The number of likely N-dealkylation sites (tertiary alicyclic amines) is 1. The average Bonchev–Trinajstić information content (AvgIpc) is 2.72. The molecule has 4 nitrogen and oxygen atoms in total. The summed E-state index contributed by atoms with van der Waals surface area (Å²) in [5.74, 6) is -0.575. The molecule has 1 heterocycles. The van der Waals surface area contributed by atoms with Crippen molar-refractivity contribution in [3.05, 3.63) is 70.7 Å². The number of amides is 2. The highest BCUT2D eigenvalue weighted by Crippen LogP contribution is 2.48. The van der Waals surface area contributed by atoms with Gasteiger partial charge in [0.1, 0.15) is 0 Å². The molecule has 2 amide bonds. The van der Waals surface area contributed by atoms with E-state index in [1.54, 1.807) is 24.3 Å². The van der Waals surface area contributed by atoms with Crippen molar-refractivity contribution >= 4 is 31.7 Å². The standard InChI is InChI=1S/C25H32ClNO3Si/c1-16(2)31(17(3)4,18(5)6)30-23-22(19-10-8-7-9-11-19)27(25(23)29)24(28)20-12-14-21(26)15-13-20/h7-18,22-23H,1-6H3/t22-,23+/m0/s1. The maximum atomic E-state index is 13.3. The summed E-state index contributed by atoms with van der Waals surface area (Å²) in [5.41, 5.74) is 2.39. The van der Waals surface area contributed by atoms with E-state index in [0.717, 1.165) is 5.56 Å². The van der Waals surface area contributed by atoms with Crippen molar-refractivity contribution < 1.29 is 14.0 Å². The van der Waals surface area contributed by atoms with Gasteiger partial charge in [-0.25, -0.2) is 0 Å². The quantitative estimate of drug-likeness (QED) is 0.266. The third-order valence-electron chi connectivity index (χ3n) is 6.54. The van der Waals surface area contributed by atoms with Crippen molar-refractivity contribution in [1.29, 1.82) is 0 Å². The van der Waals surface area contributed by atoms with E-state index in [1.165, 1.54) is 4.90 Å². The van der Waals surface area contributed by atoms with Crippen LogP contribution in [0.4, 0.5) is 0 Å². The second-order valence-corrected chi connectivity index (χ2v) is 15.1. The first-order valence-electron chi connectivity index (χ1n) is 11.0. The molecule has 0 N–H and O–H groups in total. The summed E-state index contributed by atoms with van der Waals surface area (Å²) in [5, 5.41) is 0.550. The fourth-order valence-electron chi connectivity index (χ4n) is 5.14. The number of carbonyl (C=O) groups excluding carboxylic acids is 2. The number of imide groups is 1. The Kier molecular flexibility index (Phi) is 7.09. The Balaban J connectivity index is 2.00. The van der Waals surface area contributed by atoms with E-state index in [9.17, 15) is 9.59 Å². The van der Waals surface area contributed by atoms with Crippen molar-refractivity contribution in [2.45, 2.75) is 70.3 Å². The highest BCUT2D eigenvalue weighted by atomic mass is 35.5.